The van der Waals surface area contributed by atoms with E-state index >= 15 is 0 Å². The maximum Gasteiger partial charge on any atom is 0.417 e. The summed E-state index contributed by atoms with van der Waals surface area (Å²) in [5.41, 5.74) is -3.83. The standard InChI is InChI=1S/2C24H22F4N2O4S/c2*1-34-20-12-17(11-18(20)22(31)30-23(13-29)8-9-23)35(32,33)21-7-4-15(10-19(21)24(26,27)28)14-2-5-16(25)6-3-14/h2*2-7,10,17-18,20H,8-9,11-12H2,1H3,(H,30,31)/t17?,18-,20-;17-,18-,20-/m01/s1. The molecule has 4 aromatic carbocycles. The van der Waals surface area contributed by atoms with E-state index < -0.39 is 122 Å². The number of hydrogen-bond acceptors (Lipinski definition) is 10. The quantitative estimate of drug-likeness (QED) is 0.130. The highest BCUT2D eigenvalue weighted by molar-refractivity contribution is 7.92. The lowest BCUT2D eigenvalue weighted by molar-refractivity contribution is -0.140. The van der Waals surface area contributed by atoms with E-state index in [2.05, 4.69) is 10.6 Å². The topological polar surface area (TPSA) is 193 Å². The molecule has 0 saturated heterocycles. The average molecular weight is 1020 g/mol. The van der Waals surface area contributed by atoms with Gasteiger partial charge in [0.25, 0.3) is 0 Å². The first-order valence-corrected chi connectivity index (χ1v) is 24.8. The van der Waals surface area contributed by atoms with Gasteiger partial charge >= 0.3 is 12.4 Å². The third kappa shape index (κ3) is 10.8. The Balaban J connectivity index is 0.000000206. The van der Waals surface area contributed by atoms with Crippen LogP contribution in [0, 0.1) is 46.1 Å². The van der Waals surface area contributed by atoms with Crippen LogP contribution < -0.4 is 10.6 Å². The minimum absolute atomic E-state index is 0.0842. The van der Waals surface area contributed by atoms with Crippen LogP contribution >= 0.6 is 0 Å². The summed E-state index contributed by atoms with van der Waals surface area (Å²) in [6, 6.07) is 19.4. The number of carbonyl (C=O) groups is 2. The molecule has 22 heteroatoms. The van der Waals surface area contributed by atoms with Gasteiger partial charge in [-0.3, -0.25) is 9.59 Å². The molecule has 2 N–H and O–H groups in total. The van der Waals surface area contributed by atoms with Gasteiger partial charge in [0, 0.05) is 14.2 Å². The molecule has 8 rings (SSSR count). The third-order valence-corrected chi connectivity index (χ3v) is 17.7. The van der Waals surface area contributed by atoms with Crippen molar-refractivity contribution in [3.05, 3.63) is 108 Å². The smallest absolute Gasteiger partial charge is 0.381 e. The second kappa shape index (κ2) is 19.3. The first kappa shape index (κ1) is 51.9. The number of methoxy groups -OCH3 is 2. The number of sulfone groups is 2. The molecule has 4 aliphatic carbocycles. The molecule has 4 aromatic rings. The Hall–Kier alpha value is -5.94. The summed E-state index contributed by atoms with van der Waals surface area (Å²) in [6.07, 6.45) is -10.4. The van der Waals surface area contributed by atoms with Crippen LogP contribution in [0.4, 0.5) is 35.1 Å². The van der Waals surface area contributed by atoms with E-state index in [1.54, 1.807) is 0 Å². The molecule has 6 atom stereocenters. The highest BCUT2D eigenvalue weighted by atomic mass is 32.2. The number of amides is 2. The van der Waals surface area contributed by atoms with E-state index in [-0.39, 0.29) is 36.8 Å². The summed E-state index contributed by atoms with van der Waals surface area (Å²) in [6.45, 7) is 0. The van der Waals surface area contributed by atoms with Gasteiger partial charge in [-0.25, -0.2) is 25.6 Å². The Bertz CT molecular complexity index is 2770. The minimum Gasteiger partial charge on any atom is -0.381 e. The Morgan fingerprint density at radius 2 is 0.871 bits per heavy atom. The summed E-state index contributed by atoms with van der Waals surface area (Å²) < 4.78 is 174. The van der Waals surface area contributed by atoms with Crippen molar-refractivity contribution in [1.29, 1.82) is 10.5 Å². The summed E-state index contributed by atoms with van der Waals surface area (Å²) in [5.74, 6) is -4.04. The first-order chi connectivity index (χ1) is 32.8. The molecule has 372 valence electrons. The molecule has 0 aromatic heterocycles. The van der Waals surface area contributed by atoms with E-state index in [0.717, 1.165) is 48.5 Å². The van der Waals surface area contributed by atoms with Gasteiger partial charge in [-0.05, 0) is 122 Å². The molecule has 70 heavy (non-hydrogen) atoms. The number of ether oxygens (including phenoxy) is 2. The van der Waals surface area contributed by atoms with Crippen molar-refractivity contribution in [1.82, 2.24) is 10.6 Å². The summed E-state index contributed by atoms with van der Waals surface area (Å²) >= 11 is 0. The Morgan fingerprint density at radius 3 is 1.14 bits per heavy atom. The van der Waals surface area contributed by atoms with Gasteiger partial charge in [0.2, 0.25) is 11.8 Å². The zero-order valence-corrected chi connectivity index (χ0v) is 38.8. The van der Waals surface area contributed by atoms with Crippen molar-refractivity contribution in [3.63, 3.8) is 0 Å². The van der Waals surface area contributed by atoms with E-state index in [4.69, 9.17) is 9.47 Å². The van der Waals surface area contributed by atoms with Gasteiger partial charge in [0.1, 0.15) is 22.7 Å². The van der Waals surface area contributed by atoms with Crippen molar-refractivity contribution in [2.24, 2.45) is 11.8 Å². The fourth-order valence-electron chi connectivity index (χ4n) is 8.93. The van der Waals surface area contributed by atoms with Gasteiger partial charge in [0.15, 0.2) is 19.7 Å². The zero-order valence-electron chi connectivity index (χ0n) is 37.2. The van der Waals surface area contributed by atoms with Crippen molar-refractivity contribution >= 4 is 31.5 Å². The van der Waals surface area contributed by atoms with E-state index in [1.165, 1.54) is 50.6 Å². The largest absolute Gasteiger partial charge is 0.417 e. The number of benzene rings is 4. The van der Waals surface area contributed by atoms with Crippen LogP contribution in [-0.4, -0.2) is 76.7 Å². The maximum absolute atomic E-state index is 14.0. The lowest BCUT2D eigenvalue weighted by atomic mass is 10.0. The number of nitrogens with one attached hydrogen (secondary N) is 2. The number of nitriles is 2. The van der Waals surface area contributed by atoms with Gasteiger partial charge in [-0.1, -0.05) is 36.4 Å². The van der Waals surface area contributed by atoms with Crippen molar-refractivity contribution < 1.29 is 71.0 Å². The number of alkyl halides is 6. The van der Waals surface area contributed by atoms with Crippen LogP contribution in [0.3, 0.4) is 0 Å². The lowest BCUT2D eigenvalue weighted by Gasteiger charge is -2.19. The summed E-state index contributed by atoms with van der Waals surface area (Å²) in [4.78, 5) is 23.7. The van der Waals surface area contributed by atoms with Crippen LogP contribution in [0.2, 0.25) is 0 Å². The normalized spacial score (nSPS) is 23.5. The predicted molar refractivity (Wildman–Crippen MR) is 234 cm³/mol. The zero-order chi connectivity index (χ0) is 51.2. The Labute approximate surface area is 397 Å². The summed E-state index contributed by atoms with van der Waals surface area (Å²) in [5, 5.41) is 21.1. The van der Waals surface area contributed by atoms with Crippen LogP contribution in [0.1, 0.15) is 62.5 Å². The molecular formula is C48H44F8N4O8S2. The number of halogens is 8. The first-order valence-electron chi connectivity index (χ1n) is 21.7. The van der Waals surface area contributed by atoms with Crippen molar-refractivity contribution in [2.75, 3.05) is 14.2 Å². The van der Waals surface area contributed by atoms with Crippen LogP contribution in [-0.2, 0) is 51.1 Å². The maximum atomic E-state index is 14.0. The van der Waals surface area contributed by atoms with Crippen LogP contribution in [0.25, 0.3) is 22.3 Å². The van der Waals surface area contributed by atoms with Crippen molar-refractivity contribution in [3.8, 4) is 34.4 Å². The number of hydrogen-bond donors (Lipinski definition) is 2. The van der Waals surface area contributed by atoms with E-state index in [1.807, 2.05) is 12.1 Å². The summed E-state index contributed by atoms with van der Waals surface area (Å²) in [7, 11) is -6.41. The minimum atomic E-state index is -4.97. The molecule has 4 aliphatic rings. The fraction of sp³-hybridized carbons (Fsp3) is 0.417. The van der Waals surface area contributed by atoms with Gasteiger partial charge in [-0.2, -0.15) is 36.9 Å². The third-order valence-electron chi connectivity index (χ3n) is 13.3. The number of rotatable bonds is 12. The number of carbonyl (C=O) groups excluding carboxylic acids is 2. The molecule has 0 radical (unpaired) electrons. The molecule has 12 nitrogen and oxygen atoms in total. The van der Waals surface area contributed by atoms with Crippen molar-refractivity contribution in [2.45, 2.75) is 107 Å². The second-order valence-electron chi connectivity index (χ2n) is 17.8. The fourth-order valence-corrected chi connectivity index (χ4v) is 12.9. The molecule has 0 heterocycles. The molecule has 1 unspecified atom stereocenters. The molecule has 2 amide bonds. The second-order valence-corrected chi connectivity index (χ2v) is 22.2. The predicted octanol–water partition coefficient (Wildman–Crippen LogP) is 8.50. The van der Waals surface area contributed by atoms with E-state index in [9.17, 15) is 72.1 Å². The molecule has 0 bridgehead atoms. The molecular weight excluding hydrogens is 977 g/mol. The van der Waals surface area contributed by atoms with Gasteiger partial charge < -0.3 is 20.1 Å². The van der Waals surface area contributed by atoms with Crippen LogP contribution in [0.15, 0.2) is 94.7 Å². The Kier molecular flexibility index (Phi) is 14.3. The lowest BCUT2D eigenvalue weighted by Crippen LogP contribution is -2.42. The molecule has 0 spiro atoms. The average Bonchev–Trinajstić information content (AvgIpc) is 4.17. The van der Waals surface area contributed by atoms with Gasteiger partial charge in [0.05, 0.1) is 67.6 Å². The SMILES string of the molecule is CO[C@@H]1C[C@H](S(=O)(=O)c2ccc(-c3ccc(F)cc3)cc2C(F)(F)F)C[C@H]1C(=O)NC1(C#N)CC1.CO[C@H]1CC(S(=O)(=O)c2ccc(-c3ccc(F)cc3)cc2C(F)(F)F)C[C@@H]1C(=O)NC1(C#N)CC1. The highest BCUT2D eigenvalue weighted by Crippen LogP contribution is 2.45. The number of nitrogens with zero attached hydrogens (tertiary/aromatic N) is 2. The molecule has 4 fully saturated rings. The molecule has 4 saturated carbocycles. The van der Waals surface area contributed by atoms with Crippen LogP contribution in [0.5, 0.6) is 0 Å². The highest BCUT2D eigenvalue weighted by Gasteiger charge is 2.53. The Morgan fingerprint density at radius 1 is 0.557 bits per heavy atom. The van der Waals surface area contributed by atoms with E-state index in [0.29, 0.717) is 36.8 Å². The monoisotopic (exact) mass is 1020 g/mol. The van der Waals surface area contributed by atoms with Gasteiger partial charge in [-0.15, -0.1) is 0 Å². The molecule has 0 aliphatic heterocycles.